The standard InChI is InChI=1S/C18H19F2NO/c1-22-18(15-8-5-9-16(19)17(15)20)10-11-21(13-18)12-14-6-3-2-4-7-14/h2-9H,10-13H2,1H3/t18-/m1/s1. The third-order valence-corrected chi connectivity index (χ3v) is 4.39. The van der Waals surface area contributed by atoms with E-state index in [4.69, 9.17) is 4.74 Å². The van der Waals surface area contributed by atoms with Gasteiger partial charge in [0.1, 0.15) is 5.60 Å². The number of halogens is 2. The number of hydrogen-bond donors (Lipinski definition) is 0. The van der Waals surface area contributed by atoms with Crippen molar-refractivity contribution in [3.05, 3.63) is 71.3 Å². The van der Waals surface area contributed by atoms with Crippen molar-refractivity contribution in [2.45, 2.75) is 18.6 Å². The Hall–Kier alpha value is -1.78. The van der Waals surface area contributed by atoms with Gasteiger partial charge in [-0.05, 0) is 18.1 Å². The summed E-state index contributed by atoms with van der Waals surface area (Å²) in [6.45, 7) is 2.13. The molecule has 1 aliphatic heterocycles. The Balaban J connectivity index is 1.82. The van der Waals surface area contributed by atoms with Crippen LogP contribution in [-0.2, 0) is 16.9 Å². The summed E-state index contributed by atoms with van der Waals surface area (Å²) in [6.07, 6.45) is 0.650. The lowest BCUT2D eigenvalue weighted by atomic mass is 9.92. The summed E-state index contributed by atoms with van der Waals surface area (Å²) in [6, 6.07) is 14.4. The predicted octanol–water partition coefficient (Wildman–Crippen LogP) is 3.71. The minimum atomic E-state index is -0.824. The highest BCUT2D eigenvalue weighted by atomic mass is 19.2. The van der Waals surface area contributed by atoms with E-state index in [1.165, 1.54) is 11.6 Å². The first kappa shape index (κ1) is 15.1. The van der Waals surface area contributed by atoms with Crippen LogP contribution in [0.5, 0.6) is 0 Å². The van der Waals surface area contributed by atoms with Gasteiger partial charge in [-0.25, -0.2) is 8.78 Å². The van der Waals surface area contributed by atoms with Crippen LogP contribution in [-0.4, -0.2) is 25.1 Å². The molecular formula is C18H19F2NO. The molecule has 4 heteroatoms. The smallest absolute Gasteiger partial charge is 0.164 e. The van der Waals surface area contributed by atoms with Gasteiger partial charge in [0.25, 0.3) is 0 Å². The summed E-state index contributed by atoms with van der Waals surface area (Å²) in [5.41, 5.74) is 0.737. The molecule has 1 saturated heterocycles. The predicted molar refractivity (Wildman–Crippen MR) is 81.4 cm³/mol. The summed E-state index contributed by atoms with van der Waals surface area (Å²) in [5.74, 6) is -1.62. The number of likely N-dealkylation sites (tertiary alicyclic amines) is 1. The largest absolute Gasteiger partial charge is 0.372 e. The van der Waals surface area contributed by atoms with Gasteiger partial charge in [0.15, 0.2) is 11.6 Å². The molecule has 0 aromatic heterocycles. The van der Waals surface area contributed by atoms with E-state index in [0.717, 1.165) is 19.2 Å². The van der Waals surface area contributed by atoms with E-state index in [0.29, 0.717) is 18.5 Å². The number of rotatable bonds is 4. The van der Waals surface area contributed by atoms with Crippen LogP contribution in [0.4, 0.5) is 8.78 Å². The van der Waals surface area contributed by atoms with Crippen LogP contribution in [0.3, 0.4) is 0 Å². The molecule has 1 aliphatic rings. The third-order valence-electron chi connectivity index (χ3n) is 4.39. The fourth-order valence-electron chi connectivity index (χ4n) is 3.19. The van der Waals surface area contributed by atoms with Crippen molar-refractivity contribution < 1.29 is 13.5 Å². The minimum absolute atomic E-state index is 0.311. The van der Waals surface area contributed by atoms with E-state index >= 15 is 0 Å². The van der Waals surface area contributed by atoms with Crippen molar-refractivity contribution in [2.75, 3.05) is 20.2 Å². The molecule has 1 atom stereocenters. The van der Waals surface area contributed by atoms with Crippen molar-refractivity contribution in [1.82, 2.24) is 4.90 Å². The van der Waals surface area contributed by atoms with Crippen LogP contribution >= 0.6 is 0 Å². The second-order valence-electron chi connectivity index (χ2n) is 5.75. The van der Waals surface area contributed by atoms with Crippen LogP contribution in [0.15, 0.2) is 48.5 Å². The van der Waals surface area contributed by atoms with Gasteiger partial charge in [-0.1, -0.05) is 42.5 Å². The molecule has 1 heterocycles. The molecule has 0 N–H and O–H groups in total. The first-order valence-corrected chi connectivity index (χ1v) is 7.40. The van der Waals surface area contributed by atoms with Crippen molar-refractivity contribution in [3.63, 3.8) is 0 Å². The summed E-state index contributed by atoms with van der Waals surface area (Å²) in [7, 11) is 1.57. The highest BCUT2D eigenvalue weighted by Crippen LogP contribution is 2.37. The maximum Gasteiger partial charge on any atom is 0.164 e. The topological polar surface area (TPSA) is 12.5 Å². The maximum absolute atomic E-state index is 14.2. The number of hydrogen-bond acceptors (Lipinski definition) is 2. The van der Waals surface area contributed by atoms with Crippen LogP contribution in [0, 0.1) is 11.6 Å². The molecule has 2 aromatic rings. The van der Waals surface area contributed by atoms with Gasteiger partial charge in [0.05, 0.1) is 0 Å². The van der Waals surface area contributed by atoms with E-state index in [2.05, 4.69) is 17.0 Å². The highest BCUT2D eigenvalue weighted by Gasteiger charge is 2.42. The molecule has 0 bridgehead atoms. The van der Waals surface area contributed by atoms with Gasteiger partial charge in [-0.2, -0.15) is 0 Å². The number of nitrogens with zero attached hydrogens (tertiary/aromatic N) is 1. The Morgan fingerprint density at radius 2 is 1.86 bits per heavy atom. The fraction of sp³-hybridized carbons (Fsp3) is 0.333. The maximum atomic E-state index is 14.2. The van der Waals surface area contributed by atoms with Gasteiger partial charge in [0, 0.05) is 32.3 Å². The van der Waals surface area contributed by atoms with Crippen molar-refractivity contribution in [1.29, 1.82) is 0 Å². The van der Waals surface area contributed by atoms with E-state index < -0.39 is 17.2 Å². The molecule has 22 heavy (non-hydrogen) atoms. The number of ether oxygens (including phenoxy) is 1. The summed E-state index contributed by atoms with van der Waals surface area (Å²) in [4.78, 5) is 2.21. The lowest BCUT2D eigenvalue weighted by molar-refractivity contribution is -0.00962. The molecule has 2 nitrogen and oxygen atoms in total. The first-order valence-electron chi connectivity index (χ1n) is 7.40. The van der Waals surface area contributed by atoms with E-state index in [1.54, 1.807) is 13.2 Å². The van der Waals surface area contributed by atoms with Crippen LogP contribution in [0.2, 0.25) is 0 Å². The van der Waals surface area contributed by atoms with Crippen molar-refractivity contribution in [2.24, 2.45) is 0 Å². The average Bonchev–Trinajstić information content (AvgIpc) is 2.95. The highest BCUT2D eigenvalue weighted by molar-refractivity contribution is 5.28. The molecule has 1 fully saturated rings. The van der Waals surface area contributed by atoms with Crippen LogP contribution in [0.1, 0.15) is 17.5 Å². The second kappa shape index (κ2) is 6.15. The summed E-state index contributed by atoms with van der Waals surface area (Å²) >= 11 is 0. The van der Waals surface area contributed by atoms with E-state index in [-0.39, 0.29) is 0 Å². The average molecular weight is 303 g/mol. The lowest BCUT2D eigenvalue weighted by Crippen LogP contribution is -2.34. The Morgan fingerprint density at radius 1 is 1.09 bits per heavy atom. The quantitative estimate of drug-likeness (QED) is 0.853. The number of methoxy groups -OCH3 is 1. The van der Waals surface area contributed by atoms with Gasteiger partial charge in [-0.15, -0.1) is 0 Å². The SMILES string of the molecule is CO[C@]1(c2cccc(F)c2F)CCN(Cc2ccccc2)C1. The van der Waals surface area contributed by atoms with E-state index in [9.17, 15) is 8.78 Å². The first-order chi connectivity index (χ1) is 10.6. The molecule has 0 spiro atoms. The molecule has 3 rings (SSSR count). The third kappa shape index (κ3) is 2.76. The van der Waals surface area contributed by atoms with Crippen molar-refractivity contribution >= 4 is 0 Å². The van der Waals surface area contributed by atoms with Crippen molar-refractivity contribution in [3.8, 4) is 0 Å². The van der Waals surface area contributed by atoms with Crippen LogP contribution < -0.4 is 0 Å². The normalized spacial score (nSPS) is 22.1. The molecular weight excluding hydrogens is 284 g/mol. The Bertz CT molecular complexity index is 647. The Labute approximate surface area is 129 Å². The van der Waals surface area contributed by atoms with Crippen LogP contribution in [0.25, 0.3) is 0 Å². The molecule has 0 radical (unpaired) electrons. The second-order valence-corrected chi connectivity index (χ2v) is 5.75. The van der Waals surface area contributed by atoms with Gasteiger partial charge in [0.2, 0.25) is 0 Å². The molecule has 116 valence electrons. The minimum Gasteiger partial charge on any atom is -0.372 e. The zero-order valence-electron chi connectivity index (χ0n) is 12.6. The Kier molecular flexibility index (Phi) is 4.23. The summed E-state index contributed by atoms with van der Waals surface area (Å²) < 4.78 is 33.3. The fourth-order valence-corrected chi connectivity index (χ4v) is 3.19. The summed E-state index contributed by atoms with van der Waals surface area (Å²) in [5, 5.41) is 0. The Morgan fingerprint density at radius 3 is 2.59 bits per heavy atom. The number of benzene rings is 2. The van der Waals surface area contributed by atoms with Gasteiger partial charge < -0.3 is 4.74 Å². The molecule has 2 aromatic carbocycles. The molecule has 0 saturated carbocycles. The molecule has 0 amide bonds. The monoisotopic (exact) mass is 303 g/mol. The zero-order chi connectivity index (χ0) is 15.6. The zero-order valence-corrected chi connectivity index (χ0v) is 12.6. The van der Waals surface area contributed by atoms with E-state index in [1.807, 2.05) is 18.2 Å². The molecule has 0 aliphatic carbocycles. The van der Waals surface area contributed by atoms with Gasteiger partial charge >= 0.3 is 0 Å². The molecule has 0 unspecified atom stereocenters. The lowest BCUT2D eigenvalue weighted by Gasteiger charge is -2.29. The van der Waals surface area contributed by atoms with Gasteiger partial charge in [-0.3, -0.25) is 4.90 Å².